The van der Waals surface area contributed by atoms with Gasteiger partial charge in [0.15, 0.2) is 0 Å². The van der Waals surface area contributed by atoms with Gasteiger partial charge in [0.2, 0.25) is 0 Å². The van der Waals surface area contributed by atoms with Gasteiger partial charge < -0.3 is 5.73 Å². The Labute approximate surface area is 105 Å². The highest BCUT2D eigenvalue weighted by atomic mass is 32.1. The maximum atomic E-state index is 12.1. The number of rotatable bonds is 2. The topological polar surface area (TPSA) is 99.6 Å². The number of aromatic nitrogens is 5. The number of fused-ring (bicyclic) bond motifs is 1. The van der Waals surface area contributed by atoms with E-state index in [1.54, 1.807) is 18.2 Å². The van der Waals surface area contributed by atoms with Gasteiger partial charge in [-0.05, 0) is 12.1 Å². The van der Waals surface area contributed by atoms with Gasteiger partial charge in [0.25, 0.3) is 5.56 Å². The van der Waals surface area contributed by atoms with Crippen molar-refractivity contribution in [3.05, 3.63) is 40.3 Å². The lowest BCUT2D eigenvalue weighted by atomic mass is 10.2. The van der Waals surface area contributed by atoms with Gasteiger partial charge in [-0.15, -0.1) is 10.2 Å². The first-order valence-electron chi connectivity index (χ1n) is 5.15. The van der Waals surface area contributed by atoms with Crippen LogP contribution in [0.15, 0.2) is 29.1 Å². The molecule has 0 radical (unpaired) electrons. The summed E-state index contributed by atoms with van der Waals surface area (Å²) in [4.78, 5) is 12.1. The average Bonchev–Trinajstić information content (AvgIpc) is 2.79. The van der Waals surface area contributed by atoms with Crippen LogP contribution in [0.2, 0.25) is 0 Å². The molecule has 3 rings (SSSR count). The molecule has 0 bridgehead atoms. The number of benzene rings is 1. The Morgan fingerprint density at radius 2 is 2.11 bits per heavy atom. The fraction of sp³-hybridized carbons (Fsp3) is 0.100. The molecule has 0 aliphatic heterocycles. The Morgan fingerprint density at radius 3 is 2.89 bits per heavy atom. The van der Waals surface area contributed by atoms with Crippen molar-refractivity contribution in [2.75, 3.05) is 5.73 Å². The highest BCUT2D eigenvalue weighted by Crippen LogP contribution is 2.12. The summed E-state index contributed by atoms with van der Waals surface area (Å²) in [5.74, 6) is 0. The van der Waals surface area contributed by atoms with E-state index in [1.807, 2.05) is 6.07 Å². The van der Waals surface area contributed by atoms with Crippen molar-refractivity contribution >= 4 is 27.4 Å². The molecule has 18 heavy (non-hydrogen) atoms. The molecular weight excluding hydrogens is 252 g/mol. The zero-order valence-electron chi connectivity index (χ0n) is 9.15. The SMILES string of the molecule is Nc1snnc1Cn1nnc2ccccc2c1=O. The summed E-state index contributed by atoms with van der Waals surface area (Å²) in [6, 6.07) is 7.05. The second-order valence-electron chi connectivity index (χ2n) is 3.65. The van der Waals surface area contributed by atoms with Crippen LogP contribution in [0.1, 0.15) is 5.69 Å². The normalized spacial score (nSPS) is 10.9. The Balaban J connectivity index is 2.11. The molecule has 0 atom stereocenters. The van der Waals surface area contributed by atoms with Crippen molar-refractivity contribution in [1.82, 2.24) is 24.6 Å². The van der Waals surface area contributed by atoms with Gasteiger partial charge in [-0.1, -0.05) is 21.8 Å². The summed E-state index contributed by atoms with van der Waals surface area (Å²) in [7, 11) is 0. The molecule has 0 unspecified atom stereocenters. The van der Waals surface area contributed by atoms with Crippen molar-refractivity contribution in [2.24, 2.45) is 0 Å². The van der Waals surface area contributed by atoms with Gasteiger partial charge in [-0.2, -0.15) is 0 Å². The number of anilines is 1. The third-order valence-corrected chi connectivity index (χ3v) is 3.11. The highest BCUT2D eigenvalue weighted by molar-refractivity contribution is 7.09. The van der Waals surface area contributed by atoms with Crippen LogP contribution in [0.4, 0.5) is 5.00 Å². The molecule has 8 heteroatoms. The lowest BCUT2D eigenvalue weighted by molar-refractivity contribution is 0.592. The van der Waals surface area contributed by atoms with E-state index in [9.17, 15) is 4.79 Å². The van der Waals surface area contributed by atoms with E-state index in [0.29, 0.717) is 21.6 Å². The van der Waals surface area contributed by atoms with E-state index in [2.05, 4.69) is 19.9 Å². The van der Waals surface area contributed by atoms with E-state index < -0.39 is 0 Å². The molecule has 2 aromatic heterocycles. The quantitative estimate of drug-likeness (QED) is 0.710. The first-order valence-corrected chi connectivity index (χ1v) is 5.92. The van der Waals surface area contributed by atoms with Gasteiger partial charge in [0, 0.05) is 11.5 Å². The van der Waals surface area contributed by atoms with E-state index in [-0.39, 0.29) is 12.1 Å². The molecule has 0 saturated carbocycles. The molecule has 3 aromatic rings. The summed E-state index contributed by atoms with van der Waals surface area (Å²) in [5, 5.41) is 12.7. The smallest absolute Gasteiger partial charge is 0.277 e. The molecule has 0 spiro atoms. The van der Waals surface area contributed by atoms with Crippen molar-refractivity contribution in [2.45, 2.75) is 6.54 Å². The van der Waals surface area contributed by atoms with Crippen LogP contribution < -0.4 is 11.3 Å². The Kier molecular flexibility index (Phi) is 2.49. The summed E-state index contributed by atoms with van der Waals surface area (Å²) in [5.41, 5.74) is 6.57. The van der Waals surface area contributed by atoms with E-state index >= 15 is 0 Å². The van der Waals surface area contributed by atoms with Crippen LogP contribution in [0, 0.1) is 0 Å². The maximum absolute atomic E-state index is 12.1. The first-order chi connectivity index (χ1) is 8.75. The number of nitrogens with two attached hydrogens (primary N) is 1. The molecule has 1 aromatic carbocycles. The minimum Gasteiger partial charge on any atom is -0.388 e. The van der Waals surface area contributed by atoms with Crippen molar-refractivity contribution in [1.29, 1.82) is 0 Å². The molecule has 90 valence electrons. The molecule has 0 aliphatic carbocycles. The van der Waals surface area contributed by atoms with Crippen LogP contribution in [-0.2, 0) is 6.54 Å². The molecule has 2 N–H and O–H groups in total. The fourth-order valence-corrected chi connectivity index (χ4v) is 2.03. The Bertz CT molecular complexity index is 764. The Hall–Kier alpha value is -2.35. The molecular formula is C10H8N6OS. The second-order valence-corrected chi connectivity index (χ2v) is 4.44. The van der Waals surface area contributed by atoms with Crippen LogP contribution in [0.3, 0.4) is 0 Å². The number of hydrogen-bond acceptors (Lipinski definition) is 7. The lowest BCUT2D eigenvalue weighted by Gasteiger charge is -2.02. The highest BCUT2D eigenvalue weighted by Gasteiger charge is 2.09. The molecule has 0 amide bonds. The lowest BCUT2D eigenvalue weighted by Crippen LogP contribution is -2.25. The predicted molar refractivity (Wildman–Crippen MR) is 67.2 cm³/mol. The minimum absolute atomic E-state index is 0.180. The van der Waals surface area contributed by atoms with Gasteiger partial charge in [-0.25, -0.2) is 4.68 Å². The zero-order chi connectivity index (χ0) is 12.5. The molecule has 2 heterocycles. The fourth-order valence-electron chi connectivity index (χ4n) is 1.59. The monoisotopic (exact) mass is 260 g/mol. The third kappa shape index (κ3) is 1.72. The van der Waals surface area contributed by atoms with Gasteiger partial charge in [0.1, 0.15) is 16.2 Å². The third-order valence-electron chi connectivity index (χ3n) is 2.51. The molecule has 0 saturated heterocycles. The molecule has 7 nitrogen and oxygen atoms in total. The second kappa shape index (κ2) is 4.15. The van der Waals surface area contributed by atoms with Gasteiger partial charge in [-0.3, -0.25) is 4.79 Å². The number of nitrogens with zero attached hydrogens (tertiary/aromatic N) is 5. The van der Waals surface area contributed by atoms with Crippen molar-refractivity contribution in [3.8, 4) is 0 Å². The largest absolute Gasteiger partial charge is 0.388 e. The standard InChI is InChI=1S/C10H8N6OS/c11-9-8(13-15-18-9)5-16-10(17)6-3-1-2-4-7(6)12-14-16/h1-4H,5,11H2. The van der Waals surface area contributed by atoms with E-state index in [0.717, 1.165) is 11.5 Å². The molecule has 0 fully saturated rings. The van der Waals surface area contributed by atoms with Gasteiger partial charge >= 0.3 is 0 Å². The predicted octanol–water partition coefficient (Wildman–Crippen LogP) is 0.273. The average molecular weight is 260 g/mol. The molecule has 0 aliphatic rings. The summed E-state index contributed by atoms with van der Waals surface area (Å²) < 4.78 is 4.94. The van der Waals surface area contributed by atoms with E-state index in [1.165, 1.54) is 4.68 Å². The first kappa shape index (κ1) is 10.8. The summed E-state index contributed by atoms with van der Waals surface area (Å²) in [6.07, 6.45) is 0. The Morgan fingerprint density at radius 1 is 1.28 bits per heavy atom. The maximum Gasteiger partial charge on any atom is 0.277 e. The van der Waals surface area contributed by atoms with Crippen molar-refractivity contribution < 1.29 is 0 Å². The number of nitrogen functional groups attached to an aromatic ring is 1. The van der Waals surface area contributed by atoms with Crippen LogP contribution in [0.5, 0.6) is 0 Å². The number of hydrogen-bond donors (Lipinski definition) is 1. The van der Waals surface area contributed by atoms with Crippen LogP contribution in [-0.4, -0.2) is 24.6 Å². The summed E-state index contributed by atoms with van der Waals surface area (Å²) in [6.45, 7) is 0.180. The van der Waals surface area contributed by atoms with E-state index in [4.69, 9.17) is 5.73 Å². The van der Waals surface area contributed by atoms with Gasteiger partial charge in [0.05, 0.1) is 11.9 Å². The summed E-state index contributed by atoms with van der Waals surface area (Å²) >= 11 is 1.09. The van der Waals surface area contributed by atoms with Crippen LogP contribution in [0.25, 0.3) is 10.9 Å². The van der Waals surface area contributed by atoms with Crippen molar-refractivity contribution in [3.63, 3.8) is 0 Å². The van der Waals surface area contributed by atoms with Crippen LogP contribution >= 0.6 is 11.5 Å². The zero-order valence-corrected chi connectivity index (χ0v) is 9.96. The minimum atomic E-state index is -0.215.